The molecular formula is C27H27BN4O6. The molecule has 1 atom stereocenters. The van der Waals surface area contributed by atoms with E-state index in [1.165, 1.54) is 0 Å². The molecule has 7 rings (SSSR count). The van der Waals surface area contributed by atoms with Crippen LogP contribution in [0, 0.1) is 0 Å². The fourth-order valence-electron chi connectivity index (χ4n) is 6.17. The first kappa shape index (κ1) is 23.5. The Morgan fingerprint density at radius 2 is 1.76 bits per heavy atom. The molecule has 0 amide bonds. The highest BCUT2D eigenvalue weighted by atomic mass is 16.6. The summed E-state index contributed by atoms with van der Waals surface area (Å²) in [7, 11) is 7.78. The predicted octanol–water partition coefficient (Wildman–Crippen LogP) is 1.71. The van der Waals surface area contributed by atoms with Crippen molar-refractivity contribution in [3.63, 3.8) is 0 Å². The Labute approximate surface area is 220 Å². The van der Waals surface area contributed by atoms with Crippen LogP contribution in [0.1, 0.15) is 30.0 Å². The van der Waals surface area contributed by atoms with E-state index in [0.29, 0.717) is 53.8 Å². The predicted molar refractivity (Wildman–Crippen MR) is 140 cm³/mol. The number of piperazine rings is 1. The van der Waals surface area contributed by atoms with E-state index in [-0.39, 0.29) is 18.6 Å². The molecule has 2 radical (unpaired) electrons. The third-order valence-electron chi connectivity index (χ3n) is 8.31. The molecule has 38 heavy (non-hydrogen) atoms. The number of benzene rings is 1. The molecule has 10 nitrogen and oxygen atoms in total. The van der Waals surface area contributed by atoms with Gasteiger partial charge in [0.1, 0.15) is 19.8 Å². The number of cyclic esters (lactones) is 1. The molecule has 3 aromatic rings. The van der Waals surface area contributed by atoms with Gasteiger partial charge < -0.3 is 33.2 Å². The van der Waals surface area contributed by atoms with Crippen LogP contribution in [0.5, 0.6) is 11.5 Å². The van der Waals surface area contributed by atoms with E-state index < -0.39 is 11.6 Å². The van der Waals surface area contributed by atoms with E-state index >= 15 is 0 Å². The number of hydrogen-bond acceptors (Lipinski definition) is 9. The highest BCUT2D eigenvalue weighted by Gasteiger charge is 2.47. The number of carbonyl (C=O) groups is 1. The number of carbonyl (C=O) groups excluding carboxylic acids is 1. The van der Waals surface area contributed by atoms with Crippen LogP contribution < -0.4 is 19.9 Å². The van der Waals surface area contributed by atoms with Gasteiger partial charge >= 0.3 is 5.97 Å². The second-order valence-corrected chi connectivity index (χ2v) is 10.3. The summed E-state index contributed by atoms with van der Waals surface area (Å²) in [5.41, 5.74) is 3.22. The maximum absolute atomic E-state index is 13.8. The van der Waals surface area contributed by atoms with Crippen LogP contribution >= 0.6 is 0 Å². The number of nitrogens with zero attached hydrogens (tertiary/aromatic N) is 4. The highest BCUT2D eigenvalue weighted by molar-refractivity contribution is 6.01. The van der Waals surface area contributed by atoms with Crippen molar-refractivity contribution in [2.45, 2.75) is 32.1 Å². The average molecular weight is 514 g/mol. The first-order chi connectivity index (χ1) is 18.4. The molecule has 4 aliphatic heterocycles. The Morgan fingerprint density at radius 3 is 2.47 bits per heavy atom. The fourth-order valence-corrected chi connectivity index (χ4v) is 6.17. The number of pyridine rings is 2. The molecule has 4 aliphatic rings. The molecule has 0 spiro atoms. The molecule has 0 saturated carbocycles. The number of esters is 1. The topological polar surface area (TPSA) is 95.4 Å². The minimum Gasteiger partial charge on any atom is -0.486 e. The number of ether oxygens (including phenoxy) is 3. The lowest BCUT2D eigenvalue weighted by molar-refractivity contribution is -0.168. The van der Waals surface area contributed by atoms with Gasteiger partial charge in [0.05, 0.1) is 34.7 Å². The summed E-state index contributed by atoms with van der Waals surface area (Å²) in [5.74, 6) is 0.768. The van der Waals surface area contributed by atoms with Gasteiger partial charge in [-0.25, -0.2) is 9.78 Å². The first-order valence-corrected chi connectivity index (χ1v) is 13.0. The van der Waals surface area contributed by atoms with Crippen LogP contribution in [0.15, 0.2) is 23.0 Å². The summed E-state index contributed by atoms with van der Waals surface area (Å²) in [4.78, 5) is 36.4. The monoisotopic (exact) mass is 514 g/mol. The molecule has 1 aromatic carbocycles. The molecule has 2 aromatic heterocycles. The number of fused-ring (bicyclic) bond motifs is 6. The van der Waals surface area contributed by atoms with Crippen molar-refractivity contribution in [3.8, 4) is 22.9 Å². The van der Waals surface area contributed by atoms with Crippen molar-refractivity contribution in [2.24, 2.45) is 0 Å². The first-order valence-electron chi connectivity index (χ1n) is 13.0. The summed E-state index contributed by atoms with van der Waals surface area (Å²) in [6.45, 7) is 6.56. The van der Waals surface area contributed by atoms with Crippen molar-refractivity contribution < 1.29 is 23.7 Å². The van der Waals surface area contributed by atoms with E-state index in [1.54, 1.807) is 11.5 Å². The van der Waals surface area contributed by atoms with Crippen LogP contribution in [0.25, 0.3) is 22.3 Å². The Balaban J connectivity index is 1.49. The number of anilines is 1. The molecule has 0 bridgehead atoms. The second-order valence-electron chi connectivity index (χ2n) is 10.3. The van der Waals surface area contributed by atoms with Crippen molar-refractivity contribution in [2.75, 3.05) is 51.3 Å². The van der Waals surface area contributed by atoms with Gasteiger partial charge in [0, 0.05) is 48.8 Å². The molecule has 1 saturated heterocycles. The summed E-state index contributed by atoms with van der Waals surface area (Å²) >= 11 is 0. The molecule has 194 valence electrons. The molecule has 0 aliphatic carbocycles. The van der Waals surface area contributed by atoms with Crippen molar-refractivity contribution in [1.29, 1.82) is 0 Å². The van der Waals surface area contributed by atoms with Crippen molar-refractivity contribution >= 4 is 30.6 Å². The van der Waals surface area contributed by atoms with Crippen LogP contribution in [-0.2, 0) is 32.9 Å². The summed E-state index contributed by atoms with van der Waals surface area (Å²) in [5, 5.41) is 0.967. The van der Waals surface area contributed by atoms with Crippen LogP contribution in [-0.4, -0.2) is 74.9 Å². The van der Waals surface area contributed by atoms with Gasteiger partial charge in [-0.2, -0.15) is 0 Å². The van der Waals surface area contributed by atoms with Gasteiger partial charge in [0.15, 0.2) is 17.1 Å². The zero-order valence-electron chi connectivity index (χ0n) is 21.4. The molecule has 1 fully saturated rings. The van der Waals surface area contributed by atoms with Gasteiger partial charge in [-0.1, -0.05) is 6.92 Å². The standard InChI is InChI=1S/C27H27BN4O6/c1-3-27(38-28)18-11-20-23-16(13-32(20)25(33)17(18)14-37-26(27)34)24(31-6-4-30(2)5-7-31)15-10-21-22(12-19(15)29-23)36-9-8-35-21/h10-12H,3-9,13-14H2,1-2H3/t27-/m0/s1. The Kier molecular flexibility index (Phi) is 5.25. The highest BCUT2D eigenvalue weighted by Crippen LogP contribution is 2.46. The zero-order valence-corrected chi connectivity index (χ0v) is 21.4. The van der Waals surface area contributed by atoms with Crippen LogP contribution in [0.4, 0.5) is 5.69 Å². The van der Waals surface area contributed by atoms with E-state index in [1.807, 2.05) is 18.2 Å². The molecule has 0 N–H and O–H groups in total. The van der Waals surface area contributed by atoms with E-state index in [2.05, 4.69) is 16.8 Å². The lowest BCUT2D eigenvalue weighted by Gasteiger charge is -2.36. The SMILES string of the molecule is [B]O[C@]1(CC)C(=O)OCc2c1cc1n(c2=O)Cc2c-1nc1cc3c(cc1c2N1CCN(C)CC1)OCCO3. The Hall–Kier alpha value is -3.57. The lowest BCUT2D eigenvalue weighted by Crippen LogP contribution is -2.46. The quantitative estimate of drug-likeness (QED) is 0.299. The van der Waals surface area contributed by atoms with Gasteiger partial charge in [-0.05, 0) is 25.6 Å². The Morgan fingerprint density at radius 1 is 1.03 bits per heavy atom. The third kappa shape index (κ3) is 3.18. The van der Waals surface area contributed by atoms with Gasteiger partial charge in [0.2, 0.25) is 0 Å². The van der Waals surface area contributed by atoms with Crippen molar-refractivity contribution in [1.82, 2.24) is 14.5 Å². The fraction of sp³-hybridized carbons (Fsp3) is 0.444. The Bertz CT molecular complexity index is 1560. The number of rotatable bonds is 3. The molecule has 0 unspecified atom stereocenters. The van der Waals surface area contributed by atoms with Gasteiger partial charge in [0.25, 0.3) is 13.6 Å². The zero-order chi connectivity index (χ0) is 26.2. The minimum absolute atomic E-state index is 0.114. The normalized spacial score (nSPS) is 22.2. The molecule has 6 heterocycles. The smallest absolute Gasteiger partial charge is 0.341 e. The summed E-state index contributed by atoms with van der Waals surface area (Å²) < 4.78 is 24.1. The van der Waals surface area contributed by atoms with E-state index in [0.717, 1.165) is 48.3 Å². The second kappa shape index (κ2) is 8.47. The number of aromatic nitrogens is 2. The largest absolute Gasteiger partial charge is 0.486 e. The maximum Gasteiger partial charge on any atom is 0.341 e. The maximum atomic E-state index is 13.8. The third-order valence-corrected chi connectivity index (χ3v) is 8.31. The van der Waals surface area contributed by atoms with Gasteiger partial charge in [-0.15, -0.1) is 0 Å². The van der Waals surface area contributed by atoms with Gasteiger partial charge in [-0.3, -0.25) is 4.79 Å². The van der Waals surface area contributed by atoms with Crippen LogP contribution in [0.3, 0.4) is 0 Å². The lowest BCUT2D eigenvalue weighted by atomic mass is 9.85. The summed E-state index contributed by atoms with van der Waals surface area (Å²) in [6, 6.07) is 5.77. The van der Waals surface area contributed by atoms with Crippen molar-refractivity contribution in [3.05, 3.63) is 45.2 Å². The van der Waals surface area contributed by atoms with E-state index in [4.69, 9.17) is 31.9 Å². The van der Waals surface area contributed by atoms with E-state index in [9.17, 15) is 9.59 Å². The van der Waals surface area contributed by atoms with Crippen LogP contribution in [0.2, 0.25) is 0 Å². The number of hydrogen-bond donors (Lipinski definition) is 0. The summed E-state index contributed by atoms with van der Waals surface area (Å²) in [6.07, 6.45) is 0.228. The number of likely N-dealkylation sites (N-methyl/N-ethyl adjacent to an activating group) is 1. The minimum atomic E-state index is -1.54. The molecular weight excluding hydrogens is 487 g/mol. The molecule has 11 heteroatoms. The average Bonchev–Trinajstić information content (AvgIpc) is 3.30.